The second-order valence-corrected chi connectivity index (χ2v) is 4.78. The molecule has 2 nitrogen and oxygen atoms in total. The minimum atomic E-state index is 0.860. The van der Waals surface area contributed by atoms with Crippen LogP contribution in [0.3, 0.4) is 0 Å². The molecule has 0 saturated heterocycles. The molecule has 2 aromatic rings. The van der Waals surface area contributed by atoms with Gasteiger partial charge in [-0.25, -0.2) is 0 Å². The number of aryl methyl sites for hydroxylation is 4. The molecule has 0 unspecified atom stereocenters. The smallest absolute Gasteiger partial charge is 0.0564 e. The van der Waals surface area contributed by atoms with Crippen molar-refractivity contribution < 1.29 is 0 Å². The van der Waals surface area contributed by atoms with Crippen LogP contribution in [-0.2, 0) is 6.54 Å². The van der Waals surface area contributed by atoms with E-state index in [0.29, 0.717) is 0 Å². The quantitative estimate of drug-likeness (QED) is 0.851. The fraction of sp³-hybridized carbons (Fsp3) is 0.333. The molecule has 0 atom stereocenters. The van der Waals surface area contributed by atoms with Crippen molar-refractivity contribution in [3.8, 4) is 0 Å². The van der Waals surface area contributed by atoms with Gasteiger partial charge in [0, 0.05) is 11.4 Å². The molecule has 2 rings (SSSR count). The van der Waals surface area contributed by atoms with Crippen LogP contribution in [-0.4, -0.2) is 4.68 Å². The van der Waals surface area contributed by atoms with Crippen LogP contribution >= 0.6 is 0 Å². The summed E-state index contributed by atoms with van der Waals surface area (Å²) >= 11 is 0. The Morgan fingerprint density at radius 1 is 0.882 bits per heavy atom. The highest BCUT2D eigenvalue weighted by atomic mass is 15.4. The molecule has 0 bridgehead atoms. The highest BCUT2D eigenvalue weighted by molar-refractivity contribution is 5.29. The van der Waals surface area contributed by atoms with Gasteiger partial charge in [0.2, 0.25) is 0 Å². The molecule has 0 aliphatic carbocycles. The largest absolute Gasteiger partial charge is 0.322 e. The first-order valence-corrected chi connectivity index (χ1v) is 6.02. The standard InChI is InChI=1S/C15H20N2/c1-11-7-12(2)9-15(8-11)10-16-17-13(3)5-6-14(17)4/h5-9,16H,10H2,1-4H3. The van der Waals surface area contributed by atoms with Crippen molar-refractivity contribution in [2.75, 3.05) is 5.43 Å². The molecule has 0 spiro atoms. The number of nitrogens with one attached hydrogen (secondary N) is 1. The summed E-state index contributed by atoms with van der Waals surface area (Å²) in [7, 11) is 0. The van der Waals surface area contributed by atoms with Gasteiger partial charge in [0.15, 0.2) is 0 Å². The van der Waals surface area contributed by atoms with Crippen LogP contribution in [0.4, 0.5) is 0 Å². The van der Waals surface area contributed by atoms with Crippen molar-refractivity contribution in [2.24, 2.45) is 0 Å². The lowest BCUT2D eigenvalue weighted by molar-refractivity contribution is 0.791. The molecule has 0 fully saturated rings. The van der Waals surface area contributed by atoms with Crippen LogP contribution in [0.25, 0.3) is 0 Å². The summed E-state index contributed by atoms with van der Waals surface area (Å²) in [6.45, 7) is 9.37. The summed E-state index contributed by atoms with van der Waals surface area (Å²) in [6.07, 6.45) is 0. The van der Waals surface area contributed by atoms with Crippen molar-refractivity contribution in [2.45, 2.75) is 34.2 Å². The summed E-state index contributed by atoms with van der Waals surface area (Å²) in [6, 6.07) is 10.9. The molecule has 0 radical (unpaired) electrons. The third-order valence-electron chi connectivity index (χ3n) is 2.99. The van der Waals surface area contributed by atoms with Gasteiger partial charge in [-0.3, -0.25) is 4.68 Å². The van der Waals surface area contributed by atoms with E-state index in [1.54, 1.807) is 0 Å². The van der Waals surface area contributed by atoms with E-state index in [2.05, 4.69) is 68.1 Å². The summed E-state index contributed by atoms with van der Waals surface area (Å²) in [5, 5.41) is 0. The first-order valence-electron chi connectivity index (χ1n) is 6.02. The number of nitrogens with zero attached hydrogens (tertiary/aromatic N) is 1. The van der Waals surface area contributed by atoms with Crippen molar-refractivity contribution in [1.82, 2.24) is 4.68 Å². The van der Waals surface area contributed by atoms with E-state index in [0.717, 1.165) is 6.54 Å². The van der Waals surface area contributed by atoms with Gasteiger partial charge in [-0.1, -0.05) is 29.3 Å². The summed E-state index contributed by atoms with van der Waals surface area (Å²) in [4.78, 5) is 0. The van der Waals surface area contributed by atoms with Crippen molar-refractivity contribution in [1.29, 1.82) is 0 Å². The molecule has 90 valence electrons. The maximum atomic E-state index is 3.45. The van der Waals surface area contributed by atoms with E-state index < -0.39 is 0 Å². The number of hydrogen-bond donors (Lipinski definition) is 1. The van der Waals surface area contributed by atoms with Crippen molar-refractivity contribution in [3.05, 3.63) is 58.4 Å². The van der Waals surface area contributed by atoms with Gasteiger partial charge in [0.1, 0.15) is 0 Å². The van der Waals surface area contributed by atoms with Crippen LogP contribution in [0.15, 0.2) is 30.3 Å². The van der Waals surface area contributed by atoms with E-state index in [4.69, 9.17) is 0 Å². The fourth-order valence-electron chi connectivity index (χ4n) is 2.26. The Labute approximate surface area is 103 Å². The van der Waals surface area contributed by atoms with Gasteiger partial charge in [0.05, 0.1) is 6.54 Å². The minimum absolute atomic E-state index is 0.860. The highest BCUT2D eigenvalue weighted by Crippen LogP contribution is 2.10. The number of rotatable bonds is 3. The van der Waals surface area contributed by atoms with E-state index in [9.17, 15) is 0 Å². The number of hydrogen-bond acceptors (Lipinski definition) is 1. The third-order valence-corrected chi connectivity index (χ3v) is 2.99. The molecular weight excluding hydrogens is 208 g/mol. The van der Waals surface area contributed by atoms with Crippen molar-refractivity contribution in [3.63, 3.8) is 0 Å². The first-order chi connectivity index (χ1) is 8.06. The van der Waals surface area contributed by atoms with E-state index in [-0.39, 0.29) is 0 Å². The zero-order chi connectivity index (χ0) is 12.4. The lowest BCUT2D eigenvalue weighted by Crippen LogP contribution is -2.16. The Morgan fingerprint density at radius 3 is 1.94 bits per heavy atom. The maximum absolute atomic E-state index is 3.45. The van der Waals surface area contributed by atoms with Gasteiger partial charge >= 0.3 is 0 Å². The molecule has 1 aromatic carbocycles. The van der Waals surface area contributed by atoms with Crippen LogP contribution in [0, 0.1) is 27.7 Å². The first kappa shape index (κ1) is 11.8. The molecule has 0 amide bonds. The monoisotopic (exact) mass is 228 g/mol. The Bertz CT molecular complexity index is 484. The Hall–Kier alpha value is -1.70. The Kier molecular flexibility index (Phi) is 3.23. The van der Waals surface area contributed by atoms with Gasteiger partial charge in [-0.2, -0.15) is 0 Å². The molecule has 1 aromatic heterocycles. The minimum Gasteiger partial charge on any atom is -0.322 e. The predicted octanol–water partition coefficient (Wildman–Crippen LogP) is 3.47. The van der Waals surface area contributed by atoms with Crippen LogP contribution in [0.5, 0.6) is 0 Å². The van der Waals surface area contributed by atoms with Crippen molar-refractivity contribution >= 4 is 0 Å². The van der Waals surface area contributed by atoms with Gasteiger partial charge in [-0.15, -0.1) is 0 Å². The molecular formula is C15H20N2. The molecule has 2 heteroatoms. The number of benzene rings is 1. The lowest BCUT2D eigenvalue weighted by atomic mass is 10.1. The zero-order valence-electron chi connectivity index (χ0n) is 11.0. The Balaban J connectivity index is 2.12. The summed E-state index contributed by atoms with van der Waals surface area (Å²) in [5.41, 5.74) is 9.91. The summed E-state index contributed by atoms with van der Waals surface area (Å²) in [5.74, 6) is 0. The van der Waals surface area contributed by atoms with Gasteiger partial charge in [-0.05, 0) is 45.4 Å². The lowest BCUT2D eigenvalue weighted by Gasteiger charge is -2.13. The highest BCUT2D eigenvalue weighted by Gasteiger charge is 2.00. The van der Waals surface area contributed by atoms with E-state index in [1.165, 1.54) is 28.1 Å². The number of aromatic nitrogens is 1. The molecule has 1 heterocycles. The average molecular weight is 228 g/mol. The van der Waals surface area contributed by atoms with Crippen LogP contribution in [0.1, 0.15) is 28.1 Å². The summed E-state index contributed by atoms with van der Waals surface area (Å²) < 4.78 is 2.14. The topological polar surface area (TPSA) is 17.0 Å². The average Bonchev–Trinajstić information content (AvgIpc) is 2.55. The second kappa shape index (κ2) is 4.66. The fourth-order valence-corrected chi connectivity index (χ4v) is 2.26. The van der Waals surface area contributed by atoms with Crippen LogP contribution < -0.4 is 5.43 Å². The van der Waals surface area contributed by atoms with Gasteiger partial charge < -0.3 is 5.43 Å². The molecule has 1 N–H and O–H groups in total. The Morgan fingerprint density at radius 2 is 1.41 bits per heavy atom. The van der Waals surface area contributed by atoms with Gasteiger partial charge in [0.25, 0.3) is 0 Å². The van der Waals surface area contributed by atoms with E-state index >= 15 is 0 Å². The maximum Gasteiger partial charge on any atom is 0.0564 e. The second-order valence-electron chi connectivity index (χ2n) is 4.78. The molecule has 17 heavy (non-hydrogen) atoms. The van der Waals surface area contributed by atoms with E-state index in [1.807, 2.05) is 0 Å². The third kappa shape index (κ3) is 2.70. The molecule has 0 saturated carbocycles. The predicted molar refractivity (Wildman–Crippen MR) is 72.9 cm³/mol. The molecule has 0 aliphatic heterocycles. The van der Waals surface area contributed by atoms with Crippen LogP contribution in [0.2, 0.25) is 0 Å². The molecule has 0 aliphatic rings. The SMILES string of the molecule is Cc1cc(C)cc(CNn2c(C)ccc2C)c1. The normalized spacial score (nSPS) is 10.6. The zero-order valence-corrected chi connectivity index (χ0v) is 11.0.